The number of hydrogen-bond donors (Lipinski definition) is 0. The van der Waals surface area contributed by atoms with Gasteiger partial charge >= 0.3 is 0 Å². The number of Topliss-reactive ketones (excluding diaryl/α,β-unsaturated/α-hetero) is 1. The number of pyridine rings is 1. The third kappa shape index (κ3) is 2.92. The maximum absolute atomic E-state index is 12.9. The molecule has 0 bridgehead atoms. The molecule has 1 aliphatic rings. The van der Waals surface area contributed by atoms with Gasteiger partial charge in [-0.3, -0.25) is 14.6 Å². The van der Waals surface area contributed by atoms with Crippen LogP contribution in [-0.2, 0) is 16.0 Å². The van der Waals surface area contributed by atoms with Crippen LogP contribution >= 0.6 is 0 Å². The highest BCUT2D eigenvalue weighted by Gasteiger charge is 2.37. The molecule has 3 rings (SSSR count). The SMILES string of the molecule is Cc1cc(C)c(C2C(=O)C=C(Cc3ccc(F)cn3)C2=O)c(C)c1. The molecule has 1 unspecified atom stereocenters. The Morgan fingerprint density at radius 1 is 1.08 bits per heavy atom. The van der Waals surface area contributed by atoms with Crippen LogP contribution in [0.15, 0.2) is 42.1 Å². The number of allylic oxidation sites excluding steroid dienone is 2. The topological polar surface area (TPSA) is 47.0 Å². The van der Waals surface area contributed by atoms with Crippen molar-refractivity contribution < 1.29 is 14.0 Å². The summed E-state index contributed by atoms with van der Waals surface area (Å²) in [5.74, 6) is -1.56. The summed E-state index contributed by atoms with van der Waals surface area (Å²) in [6.07, 6.45) is 2.77. The smallest absolute Gasteiger partial charge is 0.174 e. The van der Waals surface area contributed by atoms with Crippen molar-refractivity contribution in [3.8, 4) is 0 Å². The molecule has 122 valence electrons. The van der Waals surface area contributed by atoms with Gasteiger partial charge in [0.05, 0.1) is 6.20 Å². The summed E-state index contributed by atoms with van der Waals surface area (Å²) in [4.78, 5) is 29.2. The predicted molar refractivity (Wildman–Crippen MR) is 89.4 cm³/mol. The summed E-state index contributed by atoms with van der Waals surface area (Å²) in [5, 5.41) is 0. The fourth-order valence-electron chi connectivity index (χ4n) is 3.40. The van der Waals surface area contributed by atoms with Gasteiger partial charge in [-0.25, -0.2) is 4.39 Å². The van der Waals surface area contributed by atoms with Crippen molar-refractivity contribution in [2.75, 3.05) is 0 Å². The Kier molecular flexibility index (Phi) is 4.14. The molecule has 0 saturated carbocycles. The molecule has 24 heavy (non-hydrogen) atoms. The molecule has 4 heteroatoms. The second-order valence-corrected chi connectivity index (χ2v) is 6.33. The van der Waals surface area contributed by atoms with E-state index in [1.165, 1.54) is 18.2 Å². The molecule has 0 aliphatic heterocycles. The Labute approximate surface area is 140 Å². The largest absolute Gasteiger partial charge is 0.294 e. The van der Waals surface area contributed by atoms with Crippen molar-refractivity contribution in [3.05, 3.63) is 75.9 Å². The molecule has 1 aromatic carbocycles. The number of carbonyl (C=O) groups is 2. The third-order valence-corrected chi connectivity index (χ3v) is 4.37. The van der Waals surface area contributed by atoms with Gasteiger partial charge in [-0.15, -0.1) is 0 Å². The number of benzene rings is 1. The van der Waals surface area contributed by atoms with Crippen LogP contribution in [0.1, 0.15) is 33.9 Å². The normalized spacial score (nSPS) is 17.3. The monoisotopic (exact) mass is 323 g/mol. The van der Waals surface area contributed by atoms with E-state index in [4.69, 9.17) is 0 Å². The van der Waals surface area contributed by atoms with Crippen LogP contribution in [0.5, 0.6) is 0 Å². The summed E-state index contributed by atoms with van der Waals surface area (Å²) in [6.45, 7) is 5.84. The average Bonchev–Trinajstić information content (AvgIpc) is 2.76. The van der Waals surface area contributed by atoms with E-state index >= 15 is 0 Å². The number of rotatable bonds is 3. The number of halogens is 1. The van der Waals surface area contributed by atoms with Crippen LogP contribution in [0.3, 0.4) is 0 Å². The maximum atomic E-state index is 12.9. The van der Waals surface area contributed by atoms with Crippen molar-refractivity contribution >= 4 is 11.6 Å². The number of aromatic nitrogens is 1. The molecule has 1 aromatic heterocycles. The molecule has 1 heterocycles. The Balaban J connectivity index is 1.91. The highest BCUT2D eigenvalue weighted by Crippen LogP contribution is 2.34. The van der Waals surface area contributed by atoms with E-state index in [1.807, 2.05) is 32.9 Å². The van der Waals surface area contributed by atoms with Gasteiger partial charge in [-0.2, -0.15) is 0 Å². The summed E-state index contributed by atoms with van der Waals surface area (Å²) in [7, 11) is 0. The third-order valence-electron chi connectivity index (χ3n) is 4.37. The quantitative estimate of drug-likeness (QED) is 0.812. The van der Waals surface area contributed by atoms with Crippen LogP contribution in [0.25, 0.3) is 0 Å². The lowest BCUT2D eigenvalue weighted by Crippen LogP contribution is -2.18. The lowest BCUT2D eigenvalue weighted by molar-refractivity contribution is -0.122. The van der Waals surface area contributed by atoms with Crippen LogP contribution in [0, 0.1) is 26.6 Å². The highest BCUT2D eigenvalue weighted by atomic mass is 19.1. The summed E-state index contributed by atoms with van der Waals surface area (Å²) >= 11 is 0. The van der Waals surface area contributed by atoms with Gasteiger partial charge in [0.15, 0.2) is 11.6 Å². The van der Waals surface area contributed by atoms with Gasteiger partial charge < -0.3 is 0 Å². The first-order valence-electron chi connectivity index (χ1n) is 7.83. The van der Waals surface area contributed by atoms with E-state index < -0.39 is 11.7 Å². The van der Waals surface area contributed by atoms with Crippen molar-refractivity contribution in [2.45, 2.75) is 33.1 Å². The van der Waals surface area contributed by atoms with Crippen LogP contribution in [0.4, 0.5) is 4.39 Å². The number of carbonyl (C=O) groups excluding carboxylic acids is 2. The standard InChI is InChI=1S/C20H18FNO2/c1-11-6-12(2)18(13(3)7-11)19-17(23)9-14(20(19)24)8-16-5-4-15(21)10-22-16/h4-7,9-10,19H,8H2,1-3H3. The average molecular weight is 323 g/mol. The Morgan fingerprint density at radius 2 is 1.75 bits per heavy atom. The zero-order valence-electron chi connectivity index (χ0n) is 13.9. The van der Waals surface area contributed by atoms with E-state index in [1.54, 1.807) is 0 Å². The summed E-state index contributed by atoms with van der Waals surface area (Å²) in [6, 6.07) is 6.81. The molecule has 1 aliphatic carbocycles. The first-order valence-corrected chi connectivity index (χ1v) is 7.83. The highest BCUT2D eigenvalue weighted by molar-refractivity contribution is 6.25. The number of hydrogen-bond acceptors (Lipinski definition) is 3. The minimum atomic E-state index is -0.763. The van der Waals surface area contributed by atoms with Crippen LogP contribution in [-0.4, -0.2) is 16.6 Å². The molecule has 0 fully saturated rings. The molecule has 0 amide bonds. The summed E-state index contributed by atoms with van der Waals surface area (Å²) < 4.78 is 12.9. The van der Waals surface area contributed by atoms with Gasteiger partial charge in [-0.05, 0) is 55.7 Å². The number of nitrogens with zero attached hydrogens (tertiary/aromatic N) is 1. The zero-order valence-corrected chi connectivity index (χ0v) is 13.9. The lowest BCUT2D eigenvalue weighted by atomic mass is 9.85. The first-order chi connectivity index (χ1) is 11.4. The van der Waals surface area contributed by atoms with Crippen molar-refractivity contribution in [1.82, 2.24) is 4.98 Å². The van der Waals surface area contributed by atoms with Gasteiger partial charge in [-0.1, -0.05) is 17.7 Å². The van der Waals surface area contributed by atoms with E-state index in [9.17, 15) is 14.0 Å². The van der Waals surface area contributed by atoms with Crippen molar-refractivity contribution in [3.63, 3.8) is 0 Å². The molecule has 1 atom stereocenters. The molecule has 3 nitrogen and oxygen atoms in total. The van der Waals surface area contributed by atoms with Crippen molar-refractivity contribution in [2.24, 2.45) is 0 Å². The minimum Gasteiger partial charge on any atom is -0.294 e. The van der Waals surface area contributed by atoms with Crippen LogP contribution < -0.4 is 0 Å². The molecular weight excluding hydrogens is 305 g/mol. The second kappa shape index (κ2) is 6.11. The second-order valence-electron chi connectivity index (χ2n) is 6.33. The summed E-state index contributed by atoms with van der Waals surface area (Å²) in [5.41, 5.74) is 4.82. The van der Waals surface area contributed by atoms with Gasteiger partial charge in [0, 0.05) is 17.7 Å². The molecule has 0 radical (unpaired) electrons. The van der Waals surface area contributed by atoms with Crippen molar-refractivity contribution in [1.29, 1.82) is 0 Å². The molecular formula is C20H18FNO2. The fourth-order valence-corrected chi connectivity index (χ4v) is 3.40. The fraction of sp³-hybridized carbons (Fsp3) is 0.250. The Morgan fingerprint density at radius 3 is 2.33 bits per heavy atom. The minimum absolute atomic E-state index is 0.179. The van der Waals surface area contributed by atoms with E-state index in [-0.39, 0.29) is 18.0 Å². The van der Waals surface area contributed by atoms with Gasteiger partial charge in [0.1, 0.15) is 11.7 Å². The molecule has 0 saturated heterocycles. The molecule has 2 aromatic rings. The Bertz CT molecular complexity index is 843. The predicted octanol–water partition coefficient (Wildman–Crippen LogP) is 3.55. The lowest BCUT2D eigenvalue weighted by Gasteiger charge is -2.16. The van der Waals surface area contributed by atoms with Crippen LogP contribution in [0.2, 0.25) is 0 Å². The van der Waals surface area contributed by atoms with E-state index in [2.05, 4.69) is 4.98 Å². The number of ketones is 2. The number of aryl methyl sites for hydroxylation is 3. The Hall–Kier alpha value is -2.62. The van der Waals surface area contributed by atoms with E-state index in [0.29, 0.717) is 11.3 Å². The molecule has 0 N–H and O–H groups in total. The van der Waals surface area contributed by atoms with Gasteiger partial charge in [0.2, 0.25) is 0 Å². The van der Waals surface area contributed by atoms with Gasteiger partial charge in [0.25, 0.3) is 0 Å². The first kappa shape index (κ1) is 16.2. The maximum Gasteiger partial charge on any atom is 0.174 e. The van der Waals surface area contributed by atoms with E-state index in [0.717, 1.165) is 28.5 Å². The zero-order chi connectivity index (χ0) is 17.4. The molecule has 0 spiro atoms.